The maximum Gasteiger partial charge on any atom is 0.234 e. The van der Waals surface area contributed by atoms with Crippen molar-refractivity contribution in [3.63, 3.8) is 0 Å². The van der Waals surface area contributed by atoms with Crippen LogP contribution in [0, 0.1) is 5.82 Å². The molecule has 1 saturated carbocycles. The summed E-state index contributed by atoms with van der Waals surface area (Å²) in [5, 5.41) is 3.00. The van der Waals surface area contributed by atoms with Crippen molar-refractivity contribution in [1.82, 2.24) is 10.2 Å². The topological polar surface area (TPSA) is 32.3 Å². The van der Waals surface area contributed by atoms with Gasteiger partial charge in [0.2, 0.25) is 5.91 Å². The van der Waals surface area contributed by atoms with Crippen molar-refractivity contribution in [3.05, 3.63) is 71.5 Å². The van der Waals surface area contributed by atoms with Crippen LogP contribution in [-0.2, 0) is 17.8 Å². The van der Waals surface area contributed by atoms with E-state index in [0.29, 0.717) is 25.7 Å². The van der Waals surface area contributed by atoms with Crippen LogP contribution in [0.15, 0.2) is 54.6 Å². The van der Waals surface area contributed by atoms with Gasteiger partial charge in [-0.2, -0.15) is 0 Å². The maximum absolute atomic E-state index is 13.0. The molecule has 24 heavy (non-hydrogen) atoms. The van der Waals surface area contributed by atoms with E-state index in [4.69, 9.17) is 0 Å². The normalized spacial score (nSPS) is 13.9. The second-order valence-electron chi connectivity index (χ2n) is 6.35. The van der Waals surface area contributed by atoms with Gasteiger partial charge in [0.25, 0.3) is 0 Å². The first-order valence-electron chi connectivity index (χ1n) is 8.50. The maximum atomic E-state index is 13.0. The fraction of sp³-hybridized carbons (Fsp3) is 0.350. The SMILES string of the molecule is O=C(CN(Cc1ccc(F)cc1)C1CC1)NCCc1ccccc1. The summed E-state index contributed by atoms with van der Waals surface area (Å²) < 4.78 is 13.0. The summed E-state index contributed by atoms with van der Waals surface area (Å²) in [6.07, 6.45) is 3.12. The zero-order valence-corrected chi connectivity index (χ0v) is 13.7. The summed E-state index contributed by atoms with van der Waals surface area (Å²) in [7, 11) is 0. The predicted molar refractivity (Wildman–Crippen MR) is 93.0 cm³/mol. The highest BCUT2D eigenvalue weighted by Crippen LogP contribution is 2.28. The molecule has 126 valence electrons. The third-order valence-corrected chi connectivity index (χ3v) is 4.29. The van der Waals surface area contributed by atoms with E-state index >= 15 is 0 Å². The van der Waals surface area contributed by atoms with E-state index in [9.17, 15) is 9.18 Å². The Labute approximate surface area is 142 Å². The summed E-state index contributed by atoms with van der Waals surface area (Å²) in [5.74, 6) is -0.171. The Morgan fingerprint density at radius 3 is 2.42 bits per heavy atom. The third kappa shape index (κ3) is 5.17. The fourth-order valence-electron chi connectivity index (χ4n) is 2.81. The van der Waals surface area contributed by atoms with Crippen LogP contribution in [-0.4, -0.2) is 29.9 Å². The van der Waals surface area contributed by atoms with Gasteiger partial charge in [0.05, 0.1) is 6.54 Å². The minimum atomic E-state index is -0.227. The molecule has 2 aromatic rings. The van der Waals surface area contributed by atoms with E-state index in [-0.39, 0.29) is 11.7 Å². The molecule has 0 unspecified atom stereocenters. The fourth-order valence-corrected chi connectivity index (χ4v) is 2.81. The number of halogens is 1. The van der Waals surface area contributed by atoms with Crippen LogP contribution in [0.4, 0.5) is 4.39 Å². The lowest BCUT2D eigenvalue weighted by molar-refractivity contribution is -0.122. The van der Waals surface area contributed by atoms with Crippen molar-refractivity contribution in [2.75, 3.05) is 13.1 Å². The van der Waals surface area contributed by atoms with Gasteiger partial charge in [-0.3, -0.25) is 9.69 Å². The molecule has 0 bridgehead atoms. The Bertz CT molecular complexity index is 653. The average molecular weight is 326 g/mol. The van der Waals surface area contributed by atoms with Crippen LogP contribution < -0.4 is 5.32 Å². The molecule has 0 heterocycles. The number of carbonyl (C=O) groups is 1. The molecule has 0 aliphatic heterocycles. The Morgan fingerprint density at radius 2 is 1.75 bits per heavy atom. The molecule has 3 nitrogen and oxygen atoms in total. The Kier molecular flexibility index (Phi) is 5.59. The van der Waals surface area contributed by atoms with Gasteiger partial charge < -0.3 is 5.32 Å². The summed E-state index contributed by atoms with van der Waals surface area (Å²) in [5.41, 5.74) is 2.27. The number of hydrogen-bond acceptors (Lipinski definition) is 2. The molecule has 3 rings (SSSR count). The van der Waals surface area contributed by atoms with Gasteiger partial charge in [-0.05, 0) is 42.5 Å². The van der Waals surface area contributed by atoms with E-state index in [1.165, 1.54) is 17.7 Å². The number of amides is 1. The van der Waals surface area contributed by atoms with Gasteiger partial charge >= 0.3 is 0 Å². The lowest BCUT2D eigenvalue weighted by Gasteiger charge is -2.21. The Hall–Kier alpha value is -2.20. The zero-order chi connectivity index (χ0) is 16.8. The highest BCUT2D eigenvalue weighted by Gasteiger charge is 2.30. The molecule has 0 radical (unpaired) electrons. The van der Waals surface area contributed by atoms with Crippen LogP contribution in [0.3, 0.4) is 0 Å². The molecule has 1 aliphatic rings. The molecular formula is C20H23FN2O. The molecule has 0 atom stereocenters. The van der Waals surface area contributed by atoms with Crippen molar-refractivity contribution in [1.29, 1.82) is 0 Å². The Morgan fingerprint density at radius 1 is 1.04 bits per heavy atom. The third-order valence-electron chi connectivity index (χ3n) is 4.29. The minimum Gasteiger partial charge on any atom is -0.355 e. The molecule has 1 fully saturated rings. The first kappa shape index (κ1) is 16.7. The van der Waals surface area contributed by atoms with Gasteiger partial charge in [0.1, 0.15) is 5.82 Å². The van der Waals surface area contributed by atoms with Gasteiger partial charge in [0.15, 0.2) is 0 Å². The molecule has 4 heteroatoms. The monoisotopic (exact) mass is 326 g/mol. The van der Waals surface area contributed by atoms with Crippen molar-refractivity contribution in [2.45, 2.75) is 31.8 Å². The summed E-state index contributed by atoms with van der Waals surface area (Å²) in [6, 6.07) is 17.1. The zero-order valence-electron chi connectivity index (χ0n) is 13.7. The first-order valence-corrected chi connectivity index (χ1v) is 8.50. The van der Waals surface area contributed by atoms with E-state index in [1.807, 2.05) is 18.2 Å². The van der Waals surface area contributed by atoms with Crippen LogP contribution in [0.1, 0.15) is 24.0 Å². The second-order valence-corrected chi connectivity index (χ2v) is 6.35. The van der Waals surface area contributed by atoms with Crippen molar-refractivity contribution in [2.24, 2.45) is 0 Å². The van der Waals surface area contributed by atoms with E-state index in [0.717, 1.165) is 24.8 Å². The number of carbonyl (C=O) groups excluding carboxylic acids is 1. The number of rotatable bonds is 8. The van der Waals surface area contributed by atoms with Crippen molar-refractivity contribution < 1.29 is 9.18 Å². The second kappa shape index (κ2) is 8.06. The molecule has 1 aliphatic carbocycles. The van der Waals surface area contributed by atoms with E-state index in [2.05, 4.69) is 22.3 Å². The van der Waals surface area contributed by atoms with Crippen LogP contribution in [0.2, 0.25) is 0 Å². The molecule has 0 aromatic heterocycles. The smallest absolute Gasteiger partial charge is 0.234 e. The standard InChI is InChI=1S/C20H23FN2O/c21-18-8-6-17(7-9-18)14-23(19-10-11-19)15-20(24)22-13-12-16-4-2-1-3-5-16/h1-9,19H,10-15H2,(H,22,24). The molecule has 1 amide bonds. The predicted octanol–water partition coefficient (Wildman–Crippen LogP) is 3.15. The lowest BCUT2D eigenvalue weighted by atomic mass is 10.1. The van der Waals surface area contributed by atoms with E-state index < -0.39 is 0 Å². The molecular weight excluding hydrogens is 303 g/mol. The lowest BCUT2D eigenvalue weighted by Crippen LogP contribution is -2.38. The van der Waals surface area contributed by atoms with Gasteiger partial charge in [-0.15, -0.1) is 0 Å². The van der Waals surface area contributed by atoms with Gasteiger partial charge in [-0.25, -0.2) is 4.39 Å². The van der Waals surface area contributed by atoms with Gasteiger partial charge in [-0.1, -0.05) is 42.5 Å². The first-order chi connectivity index (χ1) is 11.7. The molecule has 2 aromatic carbocycles. The largest absolute Gasteiger partial charge is 0.355 e. The van der Waals surface area contributed by atoms with Crippen LogP contribution in [0.5, 0.6) is 0 Å². The Balaban J connectivity index is 1.46. The summed E-state index contributed by atoms with van der Waals surface area (Å²) in [6.45, 7) is 1.74. The number of hydrogen-bond donors (Lipinski definition) is 1. The van der Waals surface area contributed by atoms with Crippen molar-refractivity contribution in [3.8, 4) is 0 Å². The molecule has 0 spiro atoms. The number of nitrogens with one attached hydrogen (secondary N) is 1. The van der Waals surface area contributed by atoms with Crippen molar-refractivity contribution >= 4 is 5.91 Å². The van der Waals surface area contributed by atoms with Crippen LogP contribution in [0.25, 0.3) is 0 Å². The molecule has 0 saturated heterocycles. The number of benzene rings is 2. The summed E-state index contributed by atoms with van der Waals surface area (Å²) >= 11 is 0. The highest BCUT2D eigenvalue weighted by atomic mass is 19.1. The highest BCUT2D eigenvalue weighted by molar-refractivity contribution is 5.78. The van der Waals surface area contributed by atoms with Crippen LogP contribution >= 0.6 is 0 Å². The molecule has 1 N–H and O–H groups in total. The van der Waals surface area contributed by atoms with Gasteiger partial charge in [0, 0.05) is 19.1 Å². The van der Waals surface area contributed by atoms with E-state index in [1.54, 1.807) is 12.1 Å². The summed E-state index contributed by atoms with van der Waals surface area (Å²) in [4.78, 5) is 14.4. The quantitative estimate of drug-likeness (QED) is 0.808. The minimum absolute atomic E-state index is 0.0555. The number of nitrogens with zero attached hydrogens (tertiary/aromatic N) is 1. The average Bonchev–Trinajstić information content (AvgIpc) is 3.42.